The van der Waals surface area contributed by atoms with Crippen molar-refractivity contribution in [3.8, 4) is 0 Å². The molecule has 1 aliphatic rings. The van der Waals surface area contributed by atoms with Crippen molar-refractivity contribution >= 4 is 32.8 Å². The third-order valence-electron chi connectivity index (χ3n) is 5.43. The molecule has 1 saturated heterocycles. The van der Waals surface area contributed by atoms with Crippen molar-refractivity contribution in [2.24, 2.45) is 0 Å². The highest BCUT2D eigenvalue weighted by Gasteiger charge is 2.27. The van der Waals surface area contributed by atoms with E-state index in [1.807, 2.05) is 47.4 Å². The Hall–Kier alpha value is -3.24. The van der Waals surface area contributed by atoms with Gasteiger partial charge in [-0.3, -0.25) is 0 Å². The third kappa shape index (κ3) is 5.32. The van der Waals surface area contributed by atoms with Gasteiger partial charge in [-0.1, -0.05) is 42.5 Å². The summed E-state index contributed by atoms with van der Waals surface area (Å²) in [5.74, 6) is 0.463. The molecule has 2 heterocycles. The van der Waals surface area contributed by atoms with Gasteiger partial charge in [0, 0.05) is 51.7 Å². The predicted molar refractivity (Wildman–Crippen MR) is 124 cm³/mol. The maximum absolute atomic E-state index is 12.6. The summed E-state index contributed by atoms with van der Waals surface area (Å²) >= 11 is 0. The largest absolute Gasteiger partial charge is 0.338 e. The molecule has 1 aliphatic heterocycles. The van der Waals surface area contributed by atoms with Crippen molar-refractivity contribution in [3.05, 3.63) is 66.5 Å². The van der Waals surface area contributed by atoms with E-state index < -0.39 is 10.0 Å². The van der Waals surface area contributed by atoms with Crippen LogP contribution in [0.25, 0.3) is 10.8 Å². The third-order valence-corrected chi connectivity index (χ3v) is 7.30. The van der Waals surface area contributed by atoms with E-state index in [1.165, 1.54) is 4.31 Å². The first kappa shape index (κ1) is 22.0. The van der Waals surface area contributed by atoms with Crippen LogP contribution in [0.3, 0.4) is 0 Å². The van der Waals surface area contributed by atoms with Crippen LogP contribution < -0.4 is 15.5 Å². The van der Waals surface area contributed by atoms with Gasteiger partial charge in [0.1, 0.15) is 0 Å². The lowest BCUT2D eigenvalue weighted by molar-refractivity contribution is 0.241. The number of carbonyl (C=O) groups excluding carboxylic acids is 1. The molecule has 2 N–H and O–H groups in total. The molecule has 0 atom stereocenters. The number of hydrogen-bond acceptors (Lipinski definition) is 6. The lowest BCUT2D eigenvalue weighted by Gasteiger charge is -2.33. The van der Waals surface area contributed by atoms with E-state index in [0.29, 0.717) is 38.7 Å². The number of nitrogens with one attached hydrogen (secondary N) is 2. The molecule has 1 fully saturated rings. The van der Waals surface area contributed by atoms with Gasteiger partial charge in [-0.15, -0.1) is 0 Å². The van der Waals surface area contributed by atoms with Gasteiger partial charge >= 0.3 is 6.03 Å². The van der Waals surface area contributed by atoms with Gasteiger partial charge in [-0.2, -0.15) is 4.31 Å². The number of benzene rings is 2. The van der Waals surface area contributed by atoms with E-state index in [-0.39, 0.29) is 18.3 Å². The number of piperazine rings is 1. The minimum Gasteiger partial charge on any atom is -0.338 e. The van der Waals surface area contributed by atoms with Crippen LogP contribution in [-0.4, -0.2) is 67.2 Å². The number of carbonyl (C=O) groups is 1. The number of aromatic nitrogens is 2. The van der Waals surface area contributed by atoms with Crippen LogP contribution in [0, 0.1) is 0 Å². The molecule has 4 rings (SSSR count). The van der Waals surface area contributed by atoms with Crippen LogP contribution in [0.1, 0.15) is 5.56 Å². The second kappa shape index (κ2) is 9.92. The zero-order valence-electron chi connectivity index (χ0n) is 17.6. The topological polar surface area (TPSA) is 108 Å². The molecular weight excluding hydrogens is 428 g/mol. The molecule has 0 unspecified atom stereocenters. The first-order chi connectivity index (χ1) is 15.5. The Labute approximate surface area is 187 Å². The maximum atomic E-state index is 12.6. The zero-order chi connectivity index (χ0) is 22.4. The van der Waals surface area contributed by atoms with E-state index >= 15 is 0 Å². The van der Waals surface area contributed by atoms with E-state index in [2.05, 4.69) is 20.6 Å². The molecule has 1 aromatic heterocycles. The standard InChI is InChI=1S/C22H26N6O3S/c29-22(26-17-19-7-3-6-18-5-1-2-8-20(18)19)25-11-16-32(30,31)28-14-12-27(13-15-28)21-23-9-4-10-24-21/h1-10H,11-17H2,(H2,25,26,29). The summed E-state index contributed by atoms with van der Waals surface area (Å²) < 4.78 is 26.7. The smallest absolute Gasteiger partial charge is 0.315 e. The Morgan fingerprint density at radius 1 is 0.906 bits per heavy atom. The van der Waals surface area contributed by atoms with Crippen LogP contribution in [0.5, 0.6) is 0 Å². The lowest BCUT2D eigenvalue weighted by Crippen LogP contribution is -2.50. The van der Waals surface area contributed by atoms with Gasteiger partial charge in [0.15, 0.2) is 0 Å². The van der Waals surface area contributed by atoms with E-state index in [1.54, 1.807) is 18.5 Å². The van der Waals surface area contributed by atoms with Crippen molar-refractivity contribution in [3.63, 3.8) is 0 Å². The lowest BCUT2D eigenvalue weighted by atomic mass is 10.0. The van der Waals surface area contributed by atoms with Gasteiger partial charge in [-0.05, 0) is 22.4 Å². The zero-order valence-corrected chi connectivity index (χ0v) is 18.5. The molecule has 32 heavy (non-hydrogen) atoms. The molecule has 2 aromatic carbocycles. The van der Waals surface area contributed by atoms with Crippen molar-refractivity contribution in [2.45, 2.75) is 6.54 Å². The Kier molecular flexibility index (Phi) is 6.81. The highest BCUT2D eigenvalue weighted by atomic mass is 32.2. The summed E-state index contributed by atoms with van der Waals surface area (Å²) in [5, 5.41) is 7.64. The Morgan fingerprint density at radius 3 is 2.41 bits per heavy atom. The first-order valence-corrected chi connectivity index (χ1v) is 12.1. The van der Waals surface area contributed by atoms with Crippen molar-refractivity contribution in [1.82, 2.24) is 24.9 Å². The summed E-state index contributed by atoms with van der Waals surface area (Å²) in [4.78, 5) is 22.5. The minimum atomic E-state index is -3.46. The molecule has 168 valence electrons. The van der Waals surface area contributed by atoms with Gasteiger partial charge in [0.25, 0.3) is 0 Å². The Balaban J connectivity index is 1.22. The average molecular weight is 455 g/mol. The van der Waals surface area contributed by atoms with Crippen molar-refractivity contribution in [1.29, 1.82) is 0 Å². The second-order valence-corrected chi connectivity index (χ2v) is 9.59. The monoisotopic (exact) mass is 454 g/mol. The fourth-order valence-electron chi connectivity index (χ4n) is 3.73. The number of rotatable bonds is 7. The van der Waals surface area contributed by atoms with Gasteiger partial charge < -0.3 is 15.5 Å². The number of fused-ring (bicyclic) bond motifs is 1. The van der Waals surface area contributed by atoms with Crippen LogP contribution in [0.4, 0.5) is 10.7 Å². The number of anilines is 1. The van der Waals surface area contributed by atoms with Gasteiger partial charge in [0.2, 0.25) is 16.0 Å². The molecule has 0 aliphatic carbocycles. The number of nitrogens with zero attached hydrogens (tertiary/aromatic N) is 4. The van der Waals surface area contributed by atoms with Gasteiger partial charge in [0.05, 0.1) is 5.75 Å². The highest BCUT2D eigenvalue weighted by Crippen LogP contribution is 2.18. The molecule has 0 radical (unpaired) electrons. The molecule has 0 saturated carbocycles. The van der Waals surface area contributed by atoms with E-state index in [0.717, 1.165) is 16.3 Å². The highest BCUT2D eigenvalue weighted by molar-refractivity contribution is 7.89. The fourth-order valence-corrected chi connectivity index (χ4v) is 5.07. The number of sulfonamides is 1. The molecule has 2 amide bonds. The Bertz CT molecular complexity index is 1160. The Morgan fingerprint density at radius 2 is 1.62 bits per heavy atom. The van der Waals surface area contributed by atoms with Crippen LogP contribution in [-0.2, 0) is 16.6 Å². The summed E-state index contributed by atoms with van der Waals surface area (Å²) in [6, 6.07) is 15.3. The normalized spacial score (nSPS) is 14.9. The molecule has 9 nitrogen and oxygen atoms in total. The van der Waals surface area contributed by atoms with E-state index in [4.69, 9.17) is 0 Å². The summed E-state index contributed by atoms with van der Waals surface area (Å²) in [6.07, 6.45) is 3.34. The molecule has 0 spiro atoms. The quantitative estimate of drug-likeness (QED) is 0.561. The predicted octanol–water partition coefficient (Wildman–Crippen LogP) is 1.58. The molecule has 0 bridgehead atoms. The molecule has 3 aromatic rings. The van der Waals surface area contributed by atoms with Crippen LogP contribution in [0.2, 0.25) is 0 Å². The van der Waals surface area contributed by atoms with Gasteiger partial charge in [-0.25, -0.2) is 23.2 Å². The maximum Gasteiger partial charge on any atom is 0.315 e. The van der Waals surface area contributed by atoms with Crippen molar-refractivity contribution < 1.29 is 13.2 Å². The summed E-state index contributed by atoms with van der Waals surface area (Å²) in [7, 11) is -3.46. The number of urea groups is 1. The number of amides is 2. The SMILES string of the molecule is O=C(NCCS(=O)(=O)N1CCN(c2ncccn2)CC1)NCc1cccc2ccccc12. The van der Waals surface area contributed by atoms with Crippen molar-refractivity contribution in [2.75, 3.05) is 43.4 Å². The molecule has 10 heteroatoms. The fraction of sp³-hybridized carbons (Fsp3) is 0.318. The summed E-state index contributed by atoms with van der Waals surface area (Å²) in [6.45, 7) is 2.21. The average Bonchev–Trinajstić information content (AvgIpc) is 2.83. The molecular formula is C22H26N6O3S. The first-order valence-electron chi connectivity index (χ1n) is 10.5. The van der Waals surface area contributed by atoms with E-state index in [9.17, 15) is 13.2 Å². The minimum absolute atomic E-state index is 0.0473. The van der Waals surface area contributed by atoms with Crippen LogP contribution in [0.15, 0.2) is 60.9 Å². The van der Waals surface area contributed by atoms with Crippen LogP contribution >= 0.6 is 0 Å². The second-order valence-electron chi connectivity index (χ2n) is 7.50. The number of hydrogen-bond donors (Lipinski definition) is 2. The summed E-state index contributed by atoms with van der Waals surface area (Å²) in [5.41, 5.74) is 1.01.